The minimum atomic E-state index is -0.231. The number of nitrogens with one attached hydrogen (secondary N) is 3. The summed E-state index contributed by atoms with van der Waals surface area (Å²) in [6.07, 6.45) is 0.843. The lowest BCUT2D eigenvalue weighted by Gasteiger charge is -2.14. The van der Waals surface area contributed by atoms with Crippen LogP contribution in [0.5, 0.6) is 0 Å². The predicted molar refractivity (Wildman–Crippen MR) is 105 cm³/mol. The van der Waals surface area contributed by atoms with Crippen LogP contribution in [0.4, 0.5) is 11.6 Å². The fraction of sp³-hybridized carbons (Fsp3) is 0.450. The third-order valence-corrected chi connectivity index (χ3v) is 4.14. The number of anilines is 2. The Kier molecular flexibility index (Phi) is 6.74. The van der Waals surface area contributed by atoms with Crippen LogP contribution in [0.3, 0.4) is 0 Å². The second kappa shape index (κ2) is 8.81. The Morgan fingerprint density at radius 3 is 2.33 bits per heavy atom. The molecule has 146 valence electrons. The van der Waals surface area contributed by atoms with Crippen molar-refractivity contribution in [2.75, 3.05) is 30.8 Å². The van der Waals surface area contributed by atoms with Gasteiger partial charge < -0.3 is 14.7 Å². The van der Waals surface area contributed by atoms with E-state index in [1.54, 1.807) is 13.1 Å². The molecule has 1 unspecified atom stereocenters. The smallest absolute Gasteiger partial charge is 0.281 e. The first kappa shape index (κ1) is 20.6. The zero-order valence-corrected chi connectivity index (χ0v) is 16.7. The first-order valence-corrected chi connectivity index (χ1v) is 9.15. The van der Waals surface area contributed by atoms with E-state index in [0.717, 1.165) is 28.3 Å². The van der Waals surface area contributed by atoms with Gasteiger partial charge in [0.15, 0.2) is 13.1 Å². The zero-order chi connectivity index (χ0) is 20.0. The molecule has 7 nitrogen and oxygen atoms in total. The summed E-state index contributed by atoms with van der Waals surface area (Å²) in [5.41, 5.74) is 2.52. The third kappa shape index (κ3) is 6.21. The SMILES string of the molecule is CCc1ccccc1NC(=O)C[NH+](C)CC(=O)Nc1cc(C(C)(C)C)no1. The summed E-state index contributed by atoms with van der Waals surface area (Å²) >= 11 is 0. The number of aryl methyl sites for hydroxylation is 1. The summed E-state index contributed by atoms with van der Waals surface area (Å²) in [5, 5.41) is 9.57. The highest BCUT2D eigenvalue weighted by Gasteiger charge is 2.21. The Bertz CT molecular complexity index is 793. The van der Waals surface area contributed by atoms with Crippen LogP contribution in [-0.4, -0.2) is 37.1 Å². The van der Waals surface area contributed by atoms with Crippen LogP contribution < -0.4 is 15.5 Å². The maximum atomic E-state index is 12.3. The summed E-state index contributed by atoms with van der Waals surface area (Å²) in [6.45, 7) is 8.43. The number of carbonyl (C=O) groups is 2. The maximum absolute atomic E-state index is 12.3. The Morgan fingerprint density at radius 1 is 1.11 bits per heavy atom. The molecule has 1 heterocycles. The van der Waals surface area contributed by atoms with Gasteiger partial charge in [0.25, 0.3) is 11.8 Å². The van der Waals surface area contributed by atoms with Crippen molar-refractivity contribution in [1.82, 2.24) is 5.16 Å². The average Bonchev–Trinajstić information content (AvgIpc) is 3.03. The molecule has 0 bridgehead atoms. The number of rotatable bonds is 7. The summed E-state index contributed by atoms with van der Waals surface area (Å²) < 4.78 is 5.16. The molecule has 0 saturated heterocycles. The fourth-order valence-electron chi connectivity index (χ4n) is 2.62. The van der Waals surface area contributed by atoms with E-state index in [1.165, 1.54) is 0 Å². The van der Waals surface area contributed by atoms with Crippen LogP contribution in [-0.2, 0) is 21.4 Å². The van der Waals surface area contributed by atoms with Crippen molar-refractivity contribution in [1.29, 1.82) is 0 Å². The van der Waals surface area contributed by atoms with Gasteiger partial charge in [-0.15, -0.1) is 0 Å². The topological polar surface area (TPSA) is 88.7 Å². The van der Waals surface area contributed by atoms with Gasteiger partial charge >= 0.3 is 0 Å². The number of amides is 2. The summed E-state index contributed by atoms with van der Waals surface area (Å²) in [7, 11) is 1.80. The van der Waals surface area contributed by atoms with Crippen LogP contribution in [0.15, 0.2) is 34.9 Å². The second-order valence-electron chi connectivity index (χ2n) is 7.74. The van der Waals surface area contributed by atoms with Crippen LogP contribution in [0, 0.1) is 0 Å². The third-order valence-electron chi connectivity index (χ3n) is 4.14. The molecule has 1 aromatic heterocycles. The summed E-state index contributed by atoms with van der Waals surface area (Å²) in [6, 6.07) is 9.44. The summed E-state index contributed by atoms with van der Waals surface area (Å²) in [5.74, 6) is -0.0409. The van der Waals surface area contributed by atoms with Crippen molar-refractivity contribution in [3.05, 3.63) is 41.6 Å². The monoisotopic (exact) mass is 373 g/mol. The highest BCUT2D eigenvalue weighted by Crippen LogP contribution is 2.23. The van der Waals surface area contributed by atoms with E-state index in [2.05, 4.69) is 15.8 Å². The van der Waals surface area contributed by atoms with Gasteiger partial charge in [0.1, 0.15) is 0 Å². The maximum Gasteiger partial charge on any atom is 0.281 e. The number of aromatic nitrogens is 1. The molecule has 0 radical (unpaired) electrons. The van der Waals surface area contributed by atoms with E-state index in [1.807, 2.05) is 52.0 Å². The van der Waals surface area contributed by atoms with Gasteiger partial charge in [-0.25, -0.2) is 0 Å². The van der Waals surface area contributed by atoms with Crippen molar-refractivity contribution in [3.8, 4) is 0 Å². The van der Waals surface area contributed by atoms with E-state index in [0.29, 0.717) is 5.88 Å². The molecular formula is C20H29N4O3+. The predicted octanol–water partition coefficient (Wildman–Crippen LogP) is 1.63. The van der Waals surface area contributed by atoms with Crippen LogP contribution in [0.25, 0.3) is 0 Å². The number of nitrogens with zero attached hydrogens (tertiary/aromatic N) is 1. The van der Waals surface area contributed by atoms with Gasteiger partial charge in [0, 0.05) is 17.2 Å². The molecule has 1 aromatic carbocycles. The van der Waals surface area contributed by atoms with Crippen LogP contribution in [0.1, 0.15) is 39.0 Å². The van der Waals surface area contributed by atoms with Crippen molar-refractivity contribution in [2.24, 2.45) is 0 Å². The standard InChI is InChI=1S/C20H28N4O3/c1-6-14-9-7-8-10-15(14)21-17(25)12-24(5)13-18(26)22-19-11-16(23-27-19)20(2,3)4/h7-11H,6,12-13H2,1-5H3,(H,21,25)(H,22,26)/p+1. The molecule has 2 aromatic rings. The Hall–Kier alpha value is -2.67. The number of hydrogen-bond acceptors (Lipinski definition) is 4. The van der Waals surface area contributed by atoms with Gasteiger partial charge in [-0.2, -0.15) is 0 Å². The molecule has 1 atom stereocenters. The highest BCUT2D eigenvalue weighted by atomic mass is 16.5. The molecule has 0 aliphatic heterocycles. The largest absolute Gasteiger partial charge is 0.338 e. The lowest BCUT2D eigenvalue weighted by Crippen LogP contribution is -3.11. The molecule has 0 saturated carbocycles. The van der Waals surface area contributed by atoms with E-state index >= 15 is 0 Å². The lowest BCUT2D eigenvalue weighted by atomic mass is 9.92. The van der Waals surface area contributed by atoms with E-state index in [-0.39, 0.29) is 30.3 Å². The number of benzene rings is 1. The normalized spacial score (nSPS) is 12.5. The fourth-order valence-corrected chi connectivity index (χ4v) is 2.62. The Morgan fingerprint density at radius 2 is 1.74 bits per heavy atom. The Balaban J connectivity index is 1.84. The molecule has 2 rings (SSSR count). The van der Waals surface area contributed by atoms with E-state index in [4.69, 9.17) is 4.52 Å². The molecular weight excluding hydrogens is 344 g/mol. The van der Waals surface area contributed by atoms with Gasteiger partial charge in [0.05, 0.1) is 12.7 Å². The minimum Gasteiger partial charge on any atom is -0.338 e. The van der Waals surface area contributed by atoms with E-state index < -0.39 is 0 Å². The van der Waals surface area contributed by atoms with Crippen molar-refractivity contribution in [3.63, 3.8) is 0 Å². The molecule has 0 spiro atoms. The zero-order valence-electron chi connectivity index (χ0n) is 16.7. The van der Waals surface area contributed by atoms with Crippen molar-refractivity contribution >= 4 is 23.4 Å². The molecule has 0 aliphatic carbocycles. The molecule has 2 amide bonds. The quantitative estimate of drug-likeness (QED) is 0.688. The molecule has 3 N–H and O–H groups in total. The number of hydrogen-bond donors (Lipinski definition) is 3. The number of para-hydroxylation sites is 1. The number of carbonyl (C=O) groups excluding carboxylic acids is 2. The minimum absolute atomic E-state index is 0.129. The number of quaternary nitrogens is 1. The Labute approximate surface area is 160 Å². The van der Waals surface area contributed by atoms with Crippen LogP contribution in [0.2, 0.25) is 0 Å². The highest BCUT2D eigenvalue weighted by molar-refractivity contribution is 5.93. The molecule has 0 fully saturated rings. The first-order valence-electron chi connectivity index (χ1n) is 9.15. The summed E-state index contributed by atoms with van der Waals surface area (Å²) in [4.78, 5) is 25.2. The molecule has 0 aliphatic rings. The van der Waals surface area contributed by atoms with Crippen LogP contribution >= 0.6 is 0 Å². The lowest BCUT2D eigenvalue weighted by molar-refractivity contribution is -0.862. The van der Waals surface area contributed by atoms with Gasteiger partial charge in [0.2, 0.25) is 5.88 Å². The molecule has 7 heteroatoms. The van der Waals surface area contributed by atoms with Gasteiger partial charge in [-0.05, 0) is 18.1 Å². The molecule has 27 heavy (non-hydrogen) atoms. The number of likely N-dealkylation sites (N-methyl/N-ethyl adjacent to an activating group) is 1. The first-order chi connectivity index (χ1) is 12.7. The van der Waals surface area contributed by atoms with Gasteiger partial charge in [-0.3, -0.25) is 14.9 Å². The second-order valence-corrected chi connectivity index (χ2v) is 7.74. The van der Waals surface area contributed by atoms with Crippen molar-refractivity contribution in [2.45, 2.75) is 39.5 Å². The van der Waals surface area contributed by atoms with E-state index in [9.17, 15) is 9.59 Å². The van der Waals surface area contributed by atoms with Gasteiger partial charge in [-0.1, -0.05) is 51.1 Å². The average molecular weight is 373 g/mol. The van der Waals surface area contributed by atoms with Crippen molar-refractivity contribution < 1.29 is 19.0 Å².